The minimum absolute atomic E-state index is 0.183. The Morgan fingerprint density at radius 1 is 1.15 bits per heavy atom. The molecule has 5 rings (SSSR count). The van der Waals surface area contributed by atoms with E-state index >= 15 is 0 Å². The number of aromatic amines is 1. The number of nitrogens with zero attached hydrogens (tertiary/aromatic N) is 3. The van der Waals surface area contributed by atoms with Crippen molar-refractivity contribution in [1.82, 2.24) is 25.3 Å². The van der Waals surface area contributed by atoms with E-state index in [-0.39, 0.29) is 17.1 Å². The van der Waals surface area contributed by atoms with Crippen molar-refractivity contribution in [2.45, 2.75) is 40.0 Å². The lowest BCUT2D eigenvalue weighted by atomic mass is 10.0. The molecular formula is C26H28FN5O. The van der Waals surface area contributed by atoms with Crippen molar-refractivity contribution in [1.29, 1.82) is 0 Å². The number of benzene rings is 2. The summed E-state index contributed by atoms with van der Waals surface area (Å²) in [6.07, 6.45) is 0.896. The Morgan fingerprint density at radius 2 is 1.88 bits per heavy atom. The highest BCUT2D eigenvalue weighted by molar-refractivity contribution is 5.93. The molecule has 0 saturated heterocycles. The highest BCUT2D eigenvalue weighted by atomic mass is 19.1. The summed E-state index contributed by atoms with van der Waals surface area (Å²) >= 11 is 0. The minimum Gasteiger partial charge on any atom is -0.358 e. The first-order chi connectivity index (χ1) is 15.8. The molecule has 2 aromatic carbocycles. The standard InChI is InChI=1S/C26H28FN5O/c1-15-22(19-7-5-6-8-21(19)29-15)23-20(26(23,3)4)13-14-28-25(33)24-16(2)32(31-30-24)18-11-9-17(27)10-12-18/h5-12,20,23,29H,13-14H2,1-4H3,(H,28,33)/t20-,23-/m0/s1. The van der Waals surface area contributed by atoms with Crippen molar-refractivity contribution in [3.8, 4) is 5.69 Å². The summed E-state index contributed by atoms with van der Waals surface area (Å²) in [5, 5.41) is 12.5. The quantitative estimate of drug-likeness (QED) is 0.435. The van der Waals surface area contributed by atoms with Crippen molar-refractivity contribution >= 4 is 16.8 Å². The van der Waals surface area contributed by atoms with Gasteiger partial charge in [-0.3, -0.25) is 4.79 Å². The number of para-hydroxylation sites is 1. The van der Waals surface area contributed by atoms with Crippen LogP contribution in [0.25, 0.3) is 16.6 Å². The zero-order chi connectivity index (χ0) is 23.3. The normalized spacial score (nSPS) is 19.1. The van der Waals surface area contributed by atoms with Crippen LogP contribution in [0.3, 0.4) is 0 Å². The van der Waals surface area contributed by atoms with E-state index in [1.165, 1.54) is 34.3 Å². The molecule has 1 fully saturated rings. The topological polar surface area (TPSA) is 75.6 Å². The molecule has 6 nitrogen and oxygen atoms in total. The number of halogens is 1. The molecule has 2 atom stereocenters. The molecule has 1 saturated carbocycles. The van der Waals surface area contributed by atoms with E-state index < -0.39 is 0 Å². The van der Waals surface area contributed by atoms with Crippen LogP contribution in [0.2, 0.25) is 0 Å². The van der Waals surface area contributed by atoms with E-state index in [4.69, 9.17) is 0 Å². The minimum atomic E-state index is -0.321. The van der Waals surface area contributed by atoms with Crippen molar-refractivity contribution < 1.29 is 9.18 Å². The van der Waals surface area contributed by atoms with Crippen LogP contribution in [0.5, 0.6) is 0 Å². The predicted molar refractivity (Wildman–Crippen MR) is 126 cm³/mol. The van der Waals surface area contributed by atoms with Crippen LogP contribution in [0.1, 0.15) is 53.6 Å². The summed E-state index contributed by atoms with van der Waals surface area (Å²) in [5.74, 6) is 0.399. The summed E-state index contributed by atoms with van der Waals surface area (Å²) in [7, 11) is 0. The maximum absolute atomic E-state index is 13.2. The third kappa shape index (κ3) is 3.61. The average Bonchev–Trinajstić information content (AvgIpc) is 3.07. The lowest BCUT2D eigenvalue weighted by Crippen LogP contribution is -2.26. The zero-order valence-electron chi connectivity index (χ0n) is 19.3. The Labute approximate surface area is 192 Å². The van der Waals surface area contributed by atoms with Gasteiger partial charge in [0, 0.05) is 23.1 Å². The number of carbonyl (C=O) groups excluding carboxylic acids is 1. The van der Waals surface area contributed by atoms with Gasteiger partial charge in [-0.1, -0.05) is 37.3 Å². The number of hydrogen-bond acceptors (Lipinski definition) is 3. The molecule has 33 heavy (non-hydrogen) atoms. The number of amides is 1. The van der Waals surface area contributed by atoms with Gasteiger partial charge in [-0.25, -0.2) is 9.07 Å². The van der Waals surface area contributed by atoms with E-state index in [0.717, 1.165) is 6.42 Å². The molecule has 0 bridgehead atoms. The van der Waals surface area contributed by atoms with Gasteiger partial charge in [0.1, 0.15) is 5.82 Å². The van der Waals surface area contributed by atoms with E-state index in [0.29, 0.717) is 35.5 Å². The molecule has 0 aliphatic heterocycles. The van der Waals surface area contributed by atoms with E-state index in [1.807, 2.05) is 0 Å². The van der Waals surface area contributed by atoms with Gasteiger partial charge in [0.15, 0.2) is 5.69 Å². The van der Waals surface area contributed by atoms with Gasteiger partial charge < -0.3 is 10.3 Å². The zero-order valence-corrected chi connectivity index (χ0v) is 19.3. The summed E-state index contributed by atoms with van der Waals surface area (Å²) in [5.41, 5.74) is 5.58. The lowest BCUT2D eigenvalue weighted by molar-refractivity contribution is 0.0946. The SMILES string of the molecule is Cc1[nH]c2ccccc2c1[C@@H]1[C@H](CCNC(=O)c2nnn(-c3ccc(F)cc3)c2C)C1(C)C. The van der Waals surface area contributed by atoms with Crippen molar-refractivity contribution in [2.24, 2.45) is 11.3 Å². The first kappa shape index (κ1) is 21.4. The molecule has 170 valence electrons. The highest BCUT2D eigenvalue weighted by Gasteiger charge is 2.58. The highest BCUT2D eigenvalue weighted by Crippen LogP contribution is 2.67. The van der Waals surface area contributed by atoms with Crippen molar-refractivity contribution in [3.63, 3.8) is 0 Å². The number of aromatic nitrogens is 4. The largest absolute Gasteiger partial charge is 0.358 e. The van der Waals surface area contributed by atoms with Crippen LogP contribution >= 0.6 is 0 Å². The molecule has 4 aromatic rings. The monoisotopic (exact) mass is 445 g/mol. The van der Waals surface area contributed by atoms with Crippen molar-refractivity contribution in [2.75, 3.05) is 6.54 Å². The molecule has 0 spiro atoms. The van der Waals surface area contributed by atoms with Gasteiger partial charge in [0.05, 0.1) is 11.4 Å². The molecule has 1 aliphatic rings. The molecular weight excluding hydrogens is 417 g/mol. The molecule has 7 heteroatoms. The van der Waals surface area contributed by atoms with E-state index in [2.05, 4.69) is 65.6 Å². The fourth-order valence-electron chi connectivity index (χ4n) is 5.35. The predicted octanol–water partition coefficient (Wildman–Crippen LogP) is 5.06. The lowest BCUT2D eigenvalue weighted by Gasteiger charge is -2.06. The Kier molecular flexibility index (Phi) is 5.07. The molecule has 2 N–H and O–H groups in total. The average molecular weight is 446 g/mol. The summed E-state index contributed by atoms with van der Waals surface area (Å²) < 4.78 is 14.8. The Hall–Kier alpha value is -3.48. The summed E-state index contributed by atoms with van der Waals surface area (Å²) in [6.45, 7) is 9.13. The first-order valence-corrected chi connectivity index (χ1v) is 11.3. The van der Waals surface area contributed by atoms with Gasteiger partial charge >= 0.3 is 0 Å². The second-order valence-corrected chi connectivity index (χ2v) is 9.57. The van der Waals surface area contributed by atoms with Crippen LogP contribution in [0.15, 0.2) is 48.5 Å². The molecule has 2 aromatic heterocycles. The van der Waals surface area contributed by atoms with Gasteiger partial charge in [-0.15, -0.1) is 5.10 Å². The number of carbonyl (C=O) groups is 1. The molecule has 1 amide bonds. The Balaban J connectivity index is 1.25. The second kappa shape index (κ2) is 7.83. The molecule has 2 heterocycles. The third-order valence-corrected chi connectivity index (χ3v) is 7.23. The van der Waals surface area contributed by atoms with E-state index in [1.54, 1.807) is 23.7 Å². The van der Waals surface area contributed by atoms with Crippen LogP contribution in [0, 0.1) is 31.0 Å². The number of aryl methyl sites for hydroxylation is 1. The van der Waals surface area contributed by atoms with Crippen LogP contribution in [-0.4, -0.2) is 32.4 Å². The summed E-state index contributed by atoms with van der Waals surface area (Å²) in [4.78, 5) is 16.3. The maximum atomic E-state index is 13.2. The second-order valence-electron chi connectivity index (χ2n) is 9.57. The molecule has 1 aliphatic carbocycles. The number of H-pyrrole nitrogens is 1. The van der Waals surface area contributed by atoms with Gasteiger partial charge in [-0.2, -0.15) is 0 Å². The van der Waals surface area contributed by atoms with E-state index in [9.17, 15) is 9.18 Å². The maximum Gasteiger partial charge on any atom is 0.273 e. The molecule has 0 radical (unpaired) electrons. The Bertz CT molecular complexity index is 1330. The number of nitrogens with one attached hydrogen (secondary N) is 2. The Morgan fingerprint density at radius 3 is 2.64 bits per heavy atom. The fraction of sp³-hybridized carbons (Fsp3) is 0.346. The molecule has 0 unspecified atom stereocenters. The number of fused-ring (bicyclic) bond motifs is 1. The van der Waals surface area contributed by atoms with Crippen LogP contribution in [-0.2, 0) is 0 Å². The number of rotatable bonds is 6. The number of hydrogen-bond donors (Lipinski definition) is 2. The van der Waals surface area contributed by atoms with Gasteiger partial charge in [-0.05, 0) is 73.4 Å². The van der Waals surface area contributed by atoms with Crippen molar-refractivity contribution in [3.05, 3.63) is 77.0 Å². The smallest absolute Gasteiger partial charge is 0.273 e. The fourth-order valence-corrected chi connectivity index (χ4v) is 5.35. The van der Waals surface area contributed by atoms with Crippen LogP contribution < -0.4 is 5.32 Å². The van der Waals surface area contributed by atoms with Crippen LogP contribution in [0.4, 0.5) is 4.39 Å². The third-order valence-electron chi connectivity index (χ3n) is 7.23. The van der Waals surface area contributed by atoms with Gasteiger partial charge in [0.2, 0.25) is 0 Å². The first-order valence-electron chi connectivity index (χ1n) is 11.3. The van der Waals surface area contributed by atoms with Gasteiger partial charge in [0.25, 0.3) is 5.91 Å². The summed E-state index contributed by atoms with van der Waals surface area (Å²) in [6, 6.07) is 14.4.